The van der Waals surface area contributed by atoms with E-state index in [9.17, 15) is 5.11 Å². The van der Waals surface area contributed by atoms with Crippen molar-refractivity contribution < 1.29 is 5.11 Å². The molecule has 1 fully saturated rings. The quantitative estimate of drug-likeness (QED) is 0.473. The molecule has 3 N–H and O–H groups in total. The molecule has 0 aromatic heterocycles. The lowest BCUT2D eigenvalue weighted by molar-refractivity contribution is 0.0131. The Labute approximate surface area is 142 Å². The van der Waals surface area contributed by atoms with Crippen LogP contribution in [-0.2, 0) is 0 Å². The van der Waals surface area contributed by atoms with E-state index in [1.54, 1.807) is 0 Å². The monoisotopic (exact) mass is 326 g/mol. The molecule has 0 radical (unpaired) electrons. The standard InChI is InChI=1S/C18H38N4O/c1-6-19-17(20-12-13-22(15(2)3)16(4)5)21-14-18(23)10-8-7-9-11-18/h15-16,23H,6-14H2,1-5H3,(H2,19,20,21). The zero-order chi connectivity index (χ0) is 17.3. The number of hydrogen-bond donors (Lipinski definition) is 3. The Morgan fingerprint density at radius 3 is 2.22 bits per heavy atom. The van der Waals surface area contributed by atoms with Gasteiger partial charge in [0.2, 0.25) is 0 Å². The molecule has 0 heterocycles. The number of guanidine groups is 1. The summed E-state index contributed by atoms with van der Waals surface area (Å²) in [7, 11) is 0. The van der Waals surface area contributed by atoms with Gasteiger partial charge >= 0.3 is 0 Å². The van der Waals surface area contributed by atoms with Gasteiger partial charge in [-0.2, -0.15) is 0 Å². The molecule has 5 heteroatoms. The fourth-order valence-electron chi connectivity index (χ4n) is 3.35. The Balaban J connectivity index is 2.48. The molecule has 1 rings (SSSR count). The Hall–Kier alpha value is -0.810. The first-order valence-electron chi connectivity index (χ1n) is 9.38. The second-order valence-corrected chi connectivity index (χ2v) is 7.33. The van der Waals surface area contributed by atoms with Crippen molar-refractivity contribution in [1.29, 1.82) is 0 Å². The highest BCUT2D eigenvalue weighted by atomic mass is 16.3. The van der Waals surface area contributed by atoms with Gasteiger partial charge in [-0.3, -0.25) is 9.89 Å². The number of nitrogens with one attached hydrogen (secondary N) is 2. The van der Waals surface area contributed by atoms with Crippen LogP contribution in [0.25, 0.3) is 0 Å². The Morgan fingerprint density at radius 2 is 1.70 bits per heavy atom. The van der Waals surface area contributed by atoms with Crippen molar-refractivity contribution in [2.24, 2.45) is 4.99 Å². The van der Waals surface area contributed by atoms with Gasteiger partial charge in [-0.15, -0.1) is 0 Å². The molecule has 0 aromatic rings. The van der Waals surface area contributed by atoms with Crippen LogP contribution in [0.1, 0.15) is 66.7 Å². The van der Waals surface area contributed by atoms with Crippen LogP contribution < -0.4 is 10.6 Å². The van der Waals surface area contributed by atoms with Crippen molar-refractivity contribution in [3.63, 3.8) is 0 Å². The fraction of sp³-hybridized carbons (Fsp3) is 0.944. The van der Waals surface area contributed by atoms with Crippen molar-refractivity contribution in [3.8, 4) is 0 Å². The lowest BCUT2D eigenvalue weighted by Crippen LogP contribution is -2.46. The number of nitrogens with zero attached hydrogens (tertiary/aromatic N) is 2. The highest BCUT2D eigenvalue weighted by Gasteiger charge is 2.28. The molecule has 1 aliphatic carbocycles. The Morgan fingerprint density at radius 1 is 1.09 bits per heavy atom. The van der Waals surface area contributed by atoms with Crippen molar-refractivity contribution in [1.82, 2.24) is 15.5 Å². The van der Waals surface area contributed by atoms with Gasteiger partial charge in [0.1, 0.15) is 0 Å². The summed E-state index contributed by atoms with van der Waals surface area (Å²) in [5.74, 6) is 0.818. The molecule has 1 saturated carbocycles. The zero-order valence-corrected chi connectivity index (χ0v) is 15.9. The van der Waals surface area contributed by atoms with Gasteiger partial charge in [0, 0.05) is 31.7 Å². The largest absolute Gasteiger partial charge is 0.388 e. The third kappa shape index (κ3) is 7.53. The predicted octanol–water partition coefficient (Wildman–Crippen LogP) is 2.36. The van der Waals surface area contributed by atoms with Crippen LogP contribution in [0.2, 0.25) is 0 Å². The lowest BCUT2D eigenvalue weighted by atomic mass is 9.85. The van der Waals surface area contributed by atoms with Gasteiger partial charge in [-0.25, -0.2) is 0 Å². The molecule has 0 aromatic carbocycles. The molecule has 0 bridgehead atoms. The van der Waals surface area contributed by atoms with E-state index in [-0.39, 0.29) is 0 Å². The minimum Gasteiger partial charge on any atom is -0.388 e. The molecule has 0 spiro atoms. The first-order chi connectivity index (χ1) is 10.9. The highest BCUT2D eigenvalue weighted by molar-refractivity contribution is 5.79. The Bertz CT molecular complexity index is 341. The van der Waals surface area contributed by atoms with Crippen LogP contribution in [0.3, 0.4) is 0 Å². The van der Waals surface area contributed by atoms with Crippen molar-refractivity contribution in [2.75, 3.05) is 26.2 Å². The van der Waals surface area contributed by atoms with Gasteiger partial charge in [0.25, 0.3) is 0 Å². The third-order valence-electron chi connectivity index (χ3n) is 4.65. The summed E-state index contributed by atoms with van der Waals surface area (Å²) in [6.07, 6.45) is 5.24. The van der Waals surface area contributed by atoms with E-state index < -0.39 is 5.60 Å². The summed E-state index contributed by atoms with van der Waals surface area (Å²) in [4.78, 5) is 7.08. The SMILES string of the molecule is CCNC(=NCC1(O)CCCCC1)NCCN(C(C)C)C(C)C. The molecule has 0 aliphatic heterocycles. The molecule has 0 saturated heterocycles. The van der Waals surface area contributed by atoms with E-state index in [4.69, 9.17) is 0 Å². The van der Waals surface area contributed by atoms with Crippen LogP contribution in [0, 0.1) is 0 Å². The van der Waals surface area contributed by atoms with Gasteiger partial charge < -0.3 is 15.7 Å². The second-order valence-electron chi connectivity index (χ2n) is 7.33. The highest BCUT2D eigenvalue weighted by Crippen LogP contribution is 2.28. The third-order valence-corrected chi connectivity index (χ3v) is 4.65. The molecular formula is C18H38N4O. The maximum absolute atomic E-state index is 10.6. The van der Waals surface area contributed by atoms with E-state index in [2.05, 4.69) is 55.1 Å². The normalized spacial score (nSPS) is 18.7. The van der Waals surface area contributed by atoms with E-state index in [1.165, 1.54) is 6.42 Å². The van der Waals surface area contributed by atoms with Crippen LogP contribution in [-0.4, -0.2) is 59.8 Å². The molecular weight excluding hydrogens is 288 g/mol. The van der Waals surface area contributed by atoms with Gasteiger partial charge in [0.15, 0.2) is 5.96 Å². The minimum atomic E-state index is -0.595. The van der Waals surface area contributed by atoms with Crippen LogP contribution in [0.5, 0.6) is 0 Å². The molecule has 0 amide bonds. The van der Waals surface area contributed by atoms with Gasteiger partial charge in [-0.1, -0.05) is 19.3 Å². The summed E-state index contributed by atoms with van der Waals surface area (Å²) in [6.45, 7) is 14.2. The number of rotatable bonds is 8. The zero-order valence-electron chi connectivity index (χ0n) is 15.9. The number of aliphatic hydroxyl groups is 1. The van der Waals surface area contributed by atoms with Crippen molar-refractivity contribution in [3.05, 3.63) is 0 Å². The van der Waals surface area contributed by atoms with E-state index in [0.29, 0.717) is 18.6 Å². The van der Waals surface area contributed by atoms with Crippen molar-refractivity contribution in [2.45, 2.75) is 84.4 Å². The molecule has 1 aliphatic rings. The van der Waals surface area contributed by atoms with Crippen LogP contribution >= 0.6 is 0 Å². The number of hydrogen-bond acceptors (Lipinski definition) is 3. The topological polar surface area (TPSA) is 59.9 Å². The molecule has 0 atom stereocenters. The number of aliphatic imine (C=N–C) groups is 1. The van der Waals surface area contributed by atoms with E-state index in [0.717, 1.165) is 51.3 Å². The second kappa shape index (κ2) is 10.1. The van der Waals surface area contributed by atoms with Crippen LogP contribution in [0.15, 0.2) is 4.99 Å². The maximum Gasteiger partial charge on any atom is 0.191 e. The summed E-state index contributed by atoms with van der Waals surface area (Å²) < 4.78 is 0. The van der Waals surface area contributed by atoms with E-state index in [1.807, 2.05) is 0 Å². The molecule has 5 nitrogen and oxygen atoms in total. The van der Waals surface area contributed by atoms with Crippen molar-refractivity contribution >= 4 is 5.96 Å². The predicted molar refractivity (Wildman–Crippen MR) is 99.0 cm³/mol. The van der Waals surface area contributed by atoms with Crippen LogP contribution in [0.4, 0.5) is 0 Å². The summed E-state index contributed by atoms with van der Waals surface area (Å²) in [6, 6.07) is 1.08. The lowest BCUT2D eigenvalue weighted by Gasteiger charge is -2.31. The fourth-order valence-corrected chi connectivity index (χ4v) is 3.35. The maximum atomic E-state index is 10.6. The smallest absolute Gasteiger partial charge is 0.191 e. The van der Waals surface area contributed by atoms with Gasteiger partial charge in [0.05, 0.1) is 12.1 Å². The first-order valence-corrected chi connectivity index (χ1v) is 9.38. The molecule has 23 heavy (non-hydrogen) atoms. The van der Waals surface area contributed by atoms with E-state index >= 15 is 0 Å². The average Bonchev–Trinajstić information content (AvgIpc) is 2.49. The summed E-state index contributed by atoms with van der Waals surface area (Å²) in [5, 5.41) is 17.3. The minimum absolute atomic E-state index is 0.500. The summed E-state index contributed by atoms with van der Waals surface area (Å²) >= 11 is 0. The average molecular weight is 327 g/mol. The molecule has 0 unspecified atom stereocenters. The first kappa shape index (κ1) is 20.2. The van der Waals surface area contributed by atoms with Gasteiger partial charge in [-0.05, 0) is 47.5 Å². The Kier molecular flexibility index (Phi) is 8.92. The molecule has 136 valence electrons. The summed E-state index contributed by atoms with van der Waals surface area (Å²) in [5.41, 5.74) is -0.595.